The number of fused-ring (bicyclic) bond motifs is 3. The van der Waals surface area contributed by atoms with E-state index >= 15 is 0 Å². The van der Waals surface area contributed by atoms with E-state index in [1.807, 2.05) is 4.68 Å². The average molecular weight is 304 g/mol. The van der Waals surface area contributed by atoms with Gasteiger partial charge in [-0.15, -0.1) is 5.10 Å². The monoisotopic (exact) mass is 304 g/mol. The number of para-hydroxylation sites is 1. The lowest BCUT2D eigenvalue weighted by molar-refractivity contribution is 0.324. The third-order valence-corrected chi connectivity index (χ3v) is 4.48. The van der Waals surface area contributed by atoms with E-state index in [4.69, 9.17) is 0 Å². The van der Waals surface area contributed by atoms with Crippen molar-refractivity contribution in [2.45, 2.75) is 19.9 Å². The first-order valence-electron chi connectivity index (χ1n) is 8.01. The zero-order chi connectivity index (χ0) is 15.8. The number of hydrogen-bond acceptors (Lipinski definition) is 3. The summed E-state index contributed by atoms with van der Waals surface area (Å²) in [5, 5.41) is 8.97. The second-order valence-electron chi connectivity index (χ2n) is 6.28. The Bertz CT molecular complexity index is 833. The molecule has 0 N–H and O–H groups in total. The van der Waals surface area contributed by atoms with Crippen molar-refractivity contribution in [1.29, 1.82) is 0 Å². The minimum atomic E-state index is 0.940. The van der Waals surface area contributed by atoms with Gasteiger partial charge in [0.05, 0.1) is 11.4 Å². The molecule has 1 aromatic heterocycles. The molecule has 2 aromatic carbocycles. The van der Waals surface area contributed by atoms with Crippen LogP contribution >= 0.6 is 0 Å². The molecule has 4 nitrogen and oxygen atoms in total. The SMILES string of the molecule is Cc1ccc(-c2nnn3c2CCN(C)Cc2ccccc2-3)cc1. The van der Waals surface area contributed by atoms with Gasteiger partial charge in [0.2, 0.25) is 0 Å². The highest BCUT2D eigenvalue weighted by Gasteiger charge is 2.20. The summed E-state index contributed by atoms with van der Waals surface area (Å²) in [6, 6.07) is 17.0. The van der Waals surface area contributed by atoms with Gasteiger partial charge in [-0.1, -0.05) is 53.2 Å². The second-order valence-corrected chi connectivity index (χ2v) is 6.28. The number of benzene rings is 2. The Hall–Kier alpha value is -2.46. The van der Waals surface area contributed by atoms with Crippen LogP contribution in [0.3, 0.4) is 0 Å². The van der Waals surface area contributed by atoms with Gasteiger partial charge in [-0.2, -0.15) is 0 Å². The molecule has 0 saturated heterocycles. The van der Waals surface area contributed by atoms with Gasteiger partial charge in [0, 0.05) is 25.1 Å². The maximum absolute atomic E-state index is 4.50. The molecule has 3 aromatic rings. The van der Waals surface area contributed by atoms with Crippen molar-refractivity contribution in [2.75, 3.05) is 13.6 Å². The van der Waals surface area contributed by atoms with Crippen molar-refractivity contribution >= 4 is 0 Å². The number of nitrogens with zero attached hydrogens (tertiary/aromatic N) is 4. The van der Waals surface area contributed by atoms with Gasteiger partial charge in [0.15, 0.2) is 0 Å². The predicted molar refractivity (Wildman–Crippen MR) is 91.6 cm³/mol. The van der Waals surface area contributed by atoms with Gasteiger partial charge in [-0.05, 0) is 25.6 Å². The lowest BCUT2D eigenvalue weighted by Gasteiger charge is -2.23. The molecule has 1 aliphatic heterocycles. The summed E-state index contributed by atoms with van der Waals surface area (Å²) in [7, 11) is 2.17. The predicted octanol–water partition coefficient (Wildman–Crippen LogP) is 3.23. The lowest BCUT2D eigenvalue weighted by Crippen LogP contribution is -2.25. The molecule has 0 aliphatic carbocycles. The first kappa shape index (κ1) is 14.2. The fraction of sp³-hybridized carbons (Fsp3) is 0.263. The molecule has 0 radical (unpaired) electrons. The maximum atomic E-state index is 4.50. The minimum Gasteiger partial charge on any atom is -0.302 e. The Kier molecular flexibility index (Phi) is 3.46. The molecule has 116 valence electrons. The summed E-state index contributed by atoms with van der Waals surface area (Å²) in [4.78, 5) is 2.36. The van der Waals surface area contributed by atoms with Crippen LogP contribution in [0.15, 0.2) is 48.5 Å². The van der Waals surface area contributed by atoms with Crippen LogP contribution in [0, 0.1) is 6.92 Å². The fourth-order valence-corrected chi connectivity index (χ4v) is 3.17. The summed E-state index contributed by atoms with van der Waals surface area (Å²) in [6.07, 6.45) is 0.945. The van der Waals surface area contributed by atoms with Gasteiger partial charge in [0.25, 0.3) is 0 Å². The summed E-state index contributed by atoms with van der Waals surface area (Å²) in [6.45, 7) is 4.04. The van der Waals surface area contributed by atoms with Gasteiger partial charge in [-0.25, -0.2) is 4.68 Å². The molecular weight excluding hydrogens is 284 g/mol. The van der Waals surface area contributed by atoms with Crippen LogP contribution in [0.2, 0.25) is 0 Å². The van der Waals surface area contributed by atoms with Crippen LogP contribution in [0.1, 0.15) is 16.8 Å². The van der Waals surface area contributed by atoms with Gasteiger partial charge in [-0.3, -0.25) is 0 Å². The zero-order valence-corrected chi connectivity index (χ0v) is 13.5. The van der Waals surface area contributed by atoms with E-state index in [0.717, 1.165) is 36.5 Å². The Morgan fingerprint density at radius 3 is 2.61 bits per heavy atom. The highest BCUT2D eigenvalue weighted by atomic mass is 15.4. The normalized spacial score (nSPS) is 14.7. The number of rotatable bonds is 1. The molecule has 0 atom stereocenters. The van der Waals surface area contributed by atoms with Crippen LogP contribution < -0.4 is 0 Å². The molecule has 4 rings (SSSR count). The Morgan fingerprint density at radius 1 is 1.00 bits per heavy atom. The number of hydrogen-bond donors (Lipinski definition) is 0. The largest absolute Gasteiger partial charge is 0.302 e. The smallest absolute Gasteiger partial charge is 0.116 e. The maximum Gasteiger partial charge on any atom is 0.116 e. The third kappa shape index (κ3) is 2.55. The molecule has 1 aliphatic rings. The molecule has 0 amide bonds. The van der Waals surface area contributed by atoms with Gasteiger partial charge < -0.3 is 4.90 Å². The second kappa shape index (κ2) is 5.63. The van der Waals surface area contributed by atoms with Crippen LogP contribution in [0.25, 0.3) is 16.9 Å². The first-order chi connectivity index (χ1) is 11.2. The lowest BCUT2D eigenvalue weighted by atomic mass is 10.0. The molecule has 4 heteroatoms. The molecule has 0 bridgehead atoms. The van der Waals surface area contributed by atoms with E-state index in [9.17, 15) is 0 Å². The highest BCUT2D eigenvalue weighted by molar-refractivity contribution is 5.63. The van der Waals surface area contributed by atoms with Crippen LogP contribution in [-0.4, -0.2) is 33.5 Å². The minimum absolute atomic E-state index is 0.940. The van der Waals surface area contributed by atoms with E-state index in [1.54, 1.807) is 0 Å². The van der Waals surface area contributed by atoms with Crippen molar-refractivity contribution in [2.24, 2.45) is 0 Å². The Balaban J connectivity index is 1.88. The van der Waals surface area contributed by atoms with Crippen LogP contribution in [0.5, 0.6) is 0 Å². The quantitative estimate of drug-likeness (QED) is 0.692. The topological polar surface area (TPSA) is 34.0 Å². The summed E-state index contributed by atoms with van der Waals surface area (Å²) in [5.74, 6) is 0. The number of aromatic nitrogens is 3. The van der Waals surface area contributed by atoms with Crippen molar-refractivity contribution in [3.05, 3.63) is 65.4 Å². The van der Waals surface area contributed by atoms with E-state index in [2.05, 4.69) is 77.7 Å². The summed E-state index contributed by atoms with van der Waals surface area (Å²) >= 11 is 0. The molecule has 0 saturated carbocycles. The standard InChI is InChI=1S/C19H20N4/c1-14-7-9-15(10-8-14)19-18-11-12-22(2)13-16-5-3-4-6-17(16)23(18)21-20-19/h3-10H,11-13H2,1-2H3. The zero-order valence-electron chi connectivity index (χ0n) is 13.5. The fourth-order valence-electron chi connectivity index (χ4n) is 3.17. The Morgan fingerprint density at radius 2 is 1.78 bits per heavy atom. The third-order valence-electron chi connectivity index (χ3n) is 4.48. The number of aryl methyl sites for hydroxylation is 1. The number of likely N-dealkylation sites (N-methyl/N-ethyl adjacent to an activating group) is 1. The molecular formula is C19H20N4. The molecule has 0 spiro atoms. The molecule has 23 heavy (non-hydrogen) atoms. The molecule has 0 unspecified atom stereocenters. The van der Waals surface area contributed by atoms with Crippen molar-refractivity contribution in [1.82, 2.24) is 19.9 Å². The van der Waals surface area contributed by atoms with Crippen molar-refractivity contribution in [3.8, 4) is 16.9 Å². The van der Waals surface area contributed by atoms with Gasteiger partial charge in [0.1, 0.15) is 5.69 Å². The Labute approximate surface area is 136 Å². The van der Waals surface area contributed by atoms with Crippen LogP contribution in [-0.2, 0) is 13.0 Å². The van der Waals surface area contributed by atoms with Gasteiger partial charge >= 0.3 is 0 Å². The molecule has 2 heterocycles. The first-order valence-corrected chi connectivity index (χ1v) is 8.01. The highest BCUT2D eigenvalue weighted by Crippen LogP contribution is 2.27. The van der Waals surface area contributed by atoms with Crippen molar-refractivity contribution in [3.63, 3.8) is 0 Å². The van der Waals surface area contributed by atoms with Crippen molar-refractivity contribution < 1.29 is 0 Å². The van der Waals surface area contributed by atoms with E-state index in [0.29, 0.717) is 0 Å². The van der Waals surface area contributed by atoms with E-state index in [-0.39, 0.29) is 0 Å². The summed E-state index contributed by atoms with van der Waals surface area (Å²) < 4.78 is 2.03. The molecule has 0 fully saturated rings. The van der Waals surface area contributed by atoms with E-state index < -0.39 is 0 Å². The van der Waals surface area contributed by atoms with Crippen LogP contribution in [0.4, 0.5) is 0 Å². The average Bonchev–Trinajstić information content (AvgIpc) is 2.96. The van der Waals surface area contributed by atoms with E-state index in [1.165, 1.54) is 16.8 Å². The summed E-state index contributed by atoms with van der Waals surface area (Å²) in [5.41, 5.74) is 7.01.